The highest BCUT2D eigenvalue weighted by molar-refractivity contribution is 6.21. The van der Waals surface area contributed by atoms with Crippen molar-refractivity contribution in [1.29, 1.82) is 0 Å². The van der Waals surface area contributed by atoms with Crippen LogP contribution in [0.3, 0.4) is 0 Å². The van der Waals surface area contributed by atoms with E-state index < -0.39 is 40.6 Å². The molecule has 1 aliphatic rings. The van der Waals surface area contributed by atoms with Gasteiger partial charge >= 0.3 is 12.1 Å². The zero-order chi connectivity index (χ0) is 18.4. The van der Waals surface area contributed by atoms with Crippen LogP contribution in [0.15, 0.2) is 41.3 Å². The summed E-state index contributed by atoms with van der Waals surface area (Å²) in [7, 11) is 0. The Morgan fingerprint density at radius 1 is 1.04 bits per heavy atom. The summed E-state index contributed by atoms with van der Waals surface area (Å²) in [4.78, 5) is 53.6. The lowest BCUT2D eigenvalue weighted by Crippen LogP contribution is -2.33. The van der Waals surface area contributed by atoms with E-state index in [9.17, 15) is 32.3 Å². The second-order valence-electron chi connectivity index (χ2n) is 4.96. The molecule has 0 bridgehead atoms. The predicted molar refractivity (Wildman–Crippen MR) is 74.4 cm³/mol. The molecule has 0 radical (unpaired) electrons. The number of hydroxylamine groups is 2. The zero-order valence-corrected chi connectivity index (χ0v) is 12.1. The fourth-order valence-electron chi connectivity index (χ4n) is 2.20. The van der Waals surface area contributed by atoms with E-state index in [1.807, 2.05) is 0 Å². The van der Waals surface area contributed by atoms with Crippen LogP contribution in [0.4, 0.5) is 13.2 Å². The first-order valence-electron chi connectivity index (χ1n) is 6.70. The molecule has 3 rings (SSSR count). The average Bonchev–Trinajstić information content (AvgIpc) is 2.79. The van der Waals surface area contributed by atoms with E-state index in [4.69, 9.17) is 0 Å². The maximum Gasteiger partial charge on any atom is 0.421 e. The maximum atomic E-state index is 12.7. The van der Waals surface area contributed by atoms with Crippen LogP contribution in [0.1, 0.15) is 36.6 Å². The Morgan fingerprint density at radius 3 is 2.12 bits per heavy atom. The molecule has 1 aromatic carbocycles. The molecule has 0 saturated heterocycles. The number of nitrogens with zero attached hydrogens (tertiary/aromatic N) is 1. The van der Waals surface area contributed by atoms with Crippen molar-refractivity contribution in [2.75, 3.05) is 0 Å². The molecule has 128 valence electrons. The summed E-state index contributed by atoms with van der Waals surface area (Å²) in [5.41, 5.74) is -3.73. The number of amides is 2. The van der Waals surface area contributed by atoms with Gasteiger partial charge in [0.15, 0.2) is 0 Å². The summed E-state index contributed by atoms with van der Waals surface area (Å²) < 4.78 is 38.1. The number of carbonyl (C=O) groups excluding carboxylic acids is 3. The predicted octanol–water partition coefficient (Wildman–Crippen LogP) is 1.76. The Hall–Kier alpha value is -3.43. The van der Waals surface area contributed by atoms with E-state index >= 15 is 0 Å². The van der Waals surface area contributed by atoms with Crippen molar-refractivity contribution < 1.29 is 32.4 Å². The lowest BCUT2D eigenvalue weighted by molar-refractivity contribution is -0.138. The number of nitrogens with one attached hydrogen (secondary N) is 1. The molecule has 1 N–H and O–H groups in total. The lowest BCUT2D eigenvalue weighted by Gasteiger charge is -2.13. The van der Waals surface area contributed by atoms with Gasteiger partial charge in [-0.2, -0.15) is 13.2 Å². The molecule has 0 aliphatic carbocycles. The average molecular weight is 352 g/mol. The van der Waals surface area contributed by atoms with Crippen LogP contribution in [0.5, 0.6) is 0 Å². The van der Waals surface area contributed by atoms with Gasteiger partial charge in [0.2, 0.25) is 0 Å². The Labute approximate surface area is 136 Å². The zero-order valence-electron chi connectivity index (χ0n) is 12.1. The summed E-state index contributed by atoms with van der Waals surface area (Å²) >= 11 is 0. The van der Waals surface area contributed by atoms with Crippen molar-refractivity contribution in [3.63, 3.8) is 0 Å². The highest BCUT2D eigenvalue weighted by atomic mass is 19.4. The number of fused-ring (bicyclic) bond motifs is 1. The van der Waals surface area contributed by atoms with Gasteiger partial charge in [0.25, 0.3) is 17.4 Å². The van der Waals surface area contributed by atoms with Gasteiger partial charge in [0.1, 0.15) is 5.56 Å². The topological polar surface area (TPSA) is 96.5 Å². The molecular formula is C15H7F3N2O5. The number of carbonyl (C=O) groups is 3. The Morgan fingerprint density at radius 2 is 1.60 bits per heavy atom. The molecule has 2 aromatic rings. The second-order valence-corrected chi connectivity index (χ2v) is 4.96. The second kappa shape index (κ2) is 5.58. The van der Waals surface area contributed by atoms with Crippen molar-refractivity contribution >= 4 is 17.8 Å². The van der Waals surface area contributed by atoms with E-state index in [1.165, 1.54) is 24.3 Å². The van der Waals surface area contributed by atoms with Crippen molar-refractivity contribution in [1.82, 2.24) is 10.0 Å². The maximum absolute atomic E-state index is 12.7. The molecule has 2 amide bonds. The molecule has 10 heteroatoms. The van der Waals surface area contributed by atoms with Gasteiger partial charge in [-0.15, -0.1) is 0 Å². The number of benzene rings is 1. The number of alkyl halides is 3. The van der Waals surface area contributed by atoms with Crippen LogP contribution < -0.4 is 5.56 Å². The van der Waals surface area contributed by atoms with E-state index in [2.05, 4.69) is 4.84 Å². The van der Waals surface area contributed by atoms with E-state index in [-0.39, 0.29) is 22.3 Å². The lowest BCUT2D eigenvalue weighted by atomic mass is 10.1. The van der Waals surface area contributed by atoms with Gasteiger partial charge in [-0.25, -0.2) is 4.79 Å². The highest BCUT2D eigenvalue weighted by Gasteiger charge is 2.39. The largest absolute Gasteiger partial charge is 0.421 e. The Bertz CT molecular complexity index is 929. The van der Waals surface area contributed by atoms with Crippen LogP contribution in [0, 0.1) is 0 Å². The first kappa shape index (κ1) is 16.4. The number of hydrogen-bond donors (Lipinski definition) is 1. The summed E-state index contributed by atoms with van der Waals surface area (Å²) in [6, 6.07) is 5.94. The number of aromatic nitrogens is 1. The van der Waals surface area contributed by atoms with Crippen molar-refractivity contribution in [3.05, 3.63) is 69.1 Å². The van der Waals surface area contributed by atoms with E-state index in [0.29, 0.717) is 6.20 Å². The van der Waals surface area contributed by atoms with Crippen LogP contribution in [0.25, 0.3) is 0 Å². The number of aromatic amines is 1. The van der Waals surface area contributed by atoms with Crippen LogP contribution in [-0.2, 0) is 11.0 Å². The molecular weight excluding hydrogens is 345 g/mol. The first-order chi connectivity index (χ1) is 11.7. The quantitative estimate of drug-likeness (QED) is 0.831. The van der Waals surface area contributed by atoms with E-state index in [0.717, 1.165) is 0 Å². The van der Waals surface area contributed by atoms with Crippen LogP contribution in [0.2, 0.25) is 0 Å². The fourth-order valence-corrected chi connectivity index (χ4v) is 2.20. The minimum absolute atomic E-state index is 0.00208. The molecule has 7 nitrogen and oxygen atoms in total. The van der Waals surface area contributed by atoms with Crippen molar-refractivity contribution in [2.45, 2.75) is 6.18 Å². The van der Waals surface area contributed by atoms with Gasteiger partial charge in [-0.3, -0.25) is 14.4 Å². The molecule has 0 spiro atoms. The first-order valence-corrected chi connectivity index (χ1v) is 6.70. The number of hydrogen-bond acceptors (Lipinski definition) is 5. The van der Waals surface area contributed by atoms with Crippen LogP contribution >= 0.6 is 0 Å². The summed E-state index contributed by atoms with van der Waals surface area (Å²) in [6.45, 7) is 0. The molecule has 0 atom stereocenters. The summed E-state index contributed by atoms with van der Waals surface area (Å²) in [5, 5.41) is 0.158. The summed E-state index contributed by atoms with van der Waals surface area (Å²) in [5.74, 6) is -3.25. The van der Waals surface area contributed by atoms with Gasteiger partial charge in [-0.1, -0.05) is 17.2 Å². The van der Waals surface area contributed by atoms with Crippen molar-refractivity contribution in [2.24, 2.45) is 0 Å². The molecule has 1 aliphatic heterocycles. The molecule has 0 fully saturated rings. The third-order valence-corrected chi connectivity index (χ3v) is 3.38. The Balaban J connectivity index is 1.88. The van der Waals surface area contributed by atoms with Crippen LogP contribution in [-0.4, -0.2) is 27.8 Å². The molecule has 1 aromatic heterocycles. The number of halogens is 3. The highest BCUT2D eigenvalue weighted by Crippen LogP contribution is 2.27. The van der Waals surface area contributed by atoms with Crippen molar-refractivity contribution in [3.8, 4) is 0 Å². The van der Waals surface area contributed by atoms with Gasteiger partial charge in [0.05, 0.1) is 16.7 Å². The third kappa shape index (κ3) is 2.77. The number of rotatable bonds is 2. The standard InChI is InChI=1S/C15H7F3N2O5/c16-15(17,18)10-5-7(6-19-11(10)21)14(24)25-20-12(22)8-3-1-2-4-9(8)13(20)23/h1-6H,(H,19,21). The SMILES string of the molecule is O=C(ON1C(=O)c2ccccc2C1=O)c1c[nH]c(=O)c(C(F)(F)F)c1. The molecule has 2 heterocycles. The molecule has 0 unspecified atom stereocenters. The minimum Gasteiger partial charge on any atom is -0.328 e. The fraction of sp³-hybridized carbons (Fsp3) is 0.0667. The Kier molecular flexibility index (Phi) is 3.67. The smallest absolute Gasteiger partial charge is 0.328 e. The third-order valence-electron chi connectivity index (χ3n) is 3.38. The number of pyridine rings is 1. The molecule has 25 heavy (non-hydrogen) atoms. The number of H-pyrrole nitrogens is 1. The van der Waals surface area contributed by atoms with E-state index in [1.54, 1.807) is 4.98 Å². The van der Waals surface area contributed by atoms with Gasteiger partial charge in [-0.05, 0) is 18.2 Å². The number of imide groups is 1. The molecule has 0 saturated carbocycles. The monoisotopic (exact) mass is 352 g/mol. The minimum atomic E-state index is -4.99. The summed E-state index contributed by atoms with van der Waals surface area (Å²) in [6.07, 6.45) is -4.29. The van der Waals surface area contributed by atoms with Gasteiger partial charge < -0.3 is 9.82 Å². The normalized spacial score (nSPS) is 13.8. The van der Waals surface area contributed by atoms with Gasteiger partial charge in [0, 0.05) is 6.20 Å².